The molecule has 0 aliphatic carbocycles. The lowest BCUT2D eigenvalue weighted by atomic mass is 10.1. The smallest absolute Gasteiger partial charge is 0.387 e. The molecular weight excluding hydrogens is 388 g/mol. The zero-order chi connectivity index (χ0) is 20.2. The van der Waals surface area contributed by atoms with Gasteiger partial charge in [0.05, 0.1) is 25.5 Å². The number of carboxylic acid groups (broad SMARTS) is 1. The van der Waals surface area contributed by atoms with Crippen molar-refractivity contribution < 1.29 is 41.3 Å². The number of hydrogen-bond acceptors (Lipinski definition) is 6. The number of halogens is 2. The second-order valence-electron chi connectivity index (χ2n) is 4.99. The van der Waals surface area contributed by atoms with Gasteiger partial charge in [0.2, 0.25) is 0 Å². The van der Waals surface area contributed by atoms with Crippen molar-refractivity contribution >= 4 is 21.7 Å². The predicted octanol–water partition coefficient (Wildman–Crippen LogP) is 2.80. The number of alkyl halides is 2. The van der Waals surface area contributed by atoms with Crippen LogP contribution in [0.15, 0.2) is 41.3 Å². The zero-order valence-corrected chi connectivity index (χ0v) is 14.9. The van der Waals surface area contributed by atoms with Gasteiger partial charge in [-0.25, -0.2) is 13.2 Å². The lowest BCUT2D eigenvalue weighted by Gasteiger charge is -2.16. The van der Waals surface area contributed by atoms with E-state index in [9.17, 15) is 27.1 Å². The molecule has 0 aromatic heterocycles. The van der Waals surface area contributed by atoms with Crippen molar-refractivity contribution in [3.8, 4) is 17.2 Å². The van der Waals surface area contributed by atoms with Crippen LogP contribution in [0.2, 0.25) is 0 Å². The van der Waals surface area contributed by atoms with Crippen LogP contribution in [0.3, 0.4) is 0 Å². The van der Waals surface area contributed by atoms with Crippen LogP contribution < -0.4 is 18.9 Å². The highest BCUT2D eigenvalue weighted by molar-refractivity contribution is 7.92. The summed E-state index contributed by atoms with van der Waals surface area (Å²) >= 11 is 0. The minimum atomic E-state index is -4.30. The minimum Gasteiger partial charge on any atom is -0.495 e. The van der Waals surface area contributed by atoms with E-state index in [1.165, 1.54) is 25.3 Å². The SMILES string of the molecule is COc1cc(C(=O)O)c(NS(=O)(=O)c2ccccc2OC)cc1OC(F)F. The second-order valence-corrected chi connectivity index (χ2v) is 6.64. The Labute approximate surface area is 153 Å². The van der Waals surface area contributed by atoms with Crippen molar-refractivity contribution in [1.82, 2.24) is 0 Å². The quantitative estimate of drug-likeness (QED) is 0.697. The van der Waals surface area contributed by atoms with E-state index in [2.05, 4.69) is 9.46 Å². The van der Waals surface area contributed by atoms with Crippen LogP contribution in [-0.4, -0.2) is 40.3 Å². The van der Waals surface area contributed by atoms with E-state index in [1.54, 1.807) is 6.07 Å². The number of sulfonamides is 1. The average molecular weight is 403 g/mol. The molecule has 0 aliphatic heterocycles. The van der Waals surface area contributed by atoms with Gasteiger partial charge < -0.3 is 19.3 Å². The molecule has 2 N–H and O–H groups in total. The van der Waals surface area contributed by atoms with Gasteiger partial charge in [-0.15, -0.1) is 0 Å². The molecule has 0 saturated carbocycles. The molecule has 11 heteroatoms. The standard InChI is InChI=1S/C16H15F2NO7S/c1-24-11-5-3-4-6-14(11)27(22,23)19-10-8-13(26-16(17)18)12(25-2)7-9(10)15(20)21/h3-8,16,19H,1-2H3,(H,20,21). The second kappa shape index (κ2) is 8.08. The Balaban J connectivity index is 2.57. The van der Waals surface area contributed by atoms with Crippen LogP contribution in [0.4, 0.5) is 14.5 Å². The Bertz CT molecular complexity index is 948. The molecule has 0 radical (unpaired) electrons. The van der Waals surface area contributed by atoms with Gasteiger partial charge >= 0.3 is 12.6 Å². The molecule has 27 heavy (non-hydrogen) atoms. The summed E-state index contributed by atoms with van der Waals surface area (Å²) in [7, 11) is -1.91. The lowest BCUT2D eigenvalue weighted by molar-refractivity contribution is -0.0511. The first kappa shape index (κ1) is 20.2. The van der Waals surface area contributed by atoms with Gasteiger partial charge in [0.15, 0.2) is 11.5 Å². The highest BCUT2D eigenvalue weighted by atomic mass is 32.2. The van der Waals surface area contributed by atoms with E-state index >= 15 is 0 Å². The number of carbonyl (C=O) groups is 1. The third-order valence-corrected chi connectivity index (χ3v) is 4.76. The first-order chi connectivity index (χ1) is 12.7. The molecular formula is C16H15F2NO7S. The van der Waals surface area contributed by atoms with Crippen molar-refractivity contribution in [2.75, 3.05) is 18.9 Å². The maximum atomic E-state index is 12.6. The number of carboxylic acids is 1. The maximum Gasteiger partial charge on any atom is 0.387 e. The number of nitrogens with one attached hydrogen (secondary N) is 1. The average Bonchev–Trinajstić information content (AvgIpc) is 2.60. The summed E-state index contributed by atoms with van der Waals surface area (Å²) in [6, 6.07) is 7.30. The number of rotatable bonds is 8. The van der Waals surface area contributed by atoms with Gasteiger partial charge in [-0.1, -0.05) is 12.1 Å². The normalized spacial score (nSPS) is 11.1. The summed E-state index contributed by atoms with van der Waals surface area (Å²) < 4.78 is 66.6. The number of aromatic carboxylic acids is 1. The number of hydrogen-bond donors (Lipinski definition) is 2. The zero-order valence-electron chi connectivity index (χ0n) is 14.1. The highest BCUT2D eigenvalue weighted by Gasteiger charge is 2.25. The molecule has 0 aliphatic rings. The number of methoxy groups -OCH3 is 2. The van der Waals surface area contributed by atoms with E-state index in [0.717, 1.165) is 19.2 Å². The van der Waals surface area contributed by atoms with Crippen molar-refractivity contribution in [2.45, 2.75) is 11.5 Å². The molecule has 146 valence electrons. The summed E-state index contributed by atoms with van der Waals surface area (Å²) in [6.45, 7) is -3.23. The summed E-state index contributed by atoms with van der Waals surface area (Å²) in [5, 5.41) is 9.32. The fourth-order valence-electron chi connectivity index (χ4n) is 2.21. The van der Waals surface area contributed by atoms with Gasteiger partial charge in [-0.2, -0.15) is 8.78 Å². The maximum absolute atomic E-state index is 12.6. The fraction of sp³-hybridized carbons (Fsp3) is 0.188. The van der Waals surface area contributed by atoms with Crippen LogP contribution in [0.25, 0.3) is 0 Å². The van der Waals surface area contributed by atoms with Gasteiger partial charge in [0.25, 0.3) is 10.0 Å². The fourth-order valence-corrected chi connectivity index (χ4v) is 3.45. The molecule has 8 nitrogen and oxygen atoms in total. The van der Waals surface area contributed by atoms with Crippen molar-refractivity contribution in [1.29, 1.82) is 0 Å². The molecule has 0 fully saturated rings. The predicted molar refractivity (Wildman–Crippen MR) is 90.4 cm³/mol. The van der Waals surface area contributed by atoms with E-state index in [4.69, 9.17) is 9.47 Å². The van der Waals surface area contributed by atoms with Crippen LogP contribution in [0.1, 0.15) is 10.4 Å². The topological polar surface area (TPSA) is 111 Å². The molecule has 2 aromatic carbocycles. The number of anilines is 1. The van der Waals surface area contributed by atoms with Crippen molar-refractivity contribution in [3.63, 3.8) is 0 Å². The summed E-state index contributed by atoms with van der Waals surface area (Å²) in [5.41, 5.74) is -1.00. The molecule has 0 spiro atoms. The van der Waals surface area contributed by atoms with Crippen LogP contribution in [0.5, 0.6) is 17.2 Å². The minimum absolute atomic E-state index is 0.0134. The third kappa shape index (κ3) is 4.56. The van der Waals surface area contributed by atoms with Gasteiger partial charge in [0, 0.05) is 12.1 Å². The number of ether oxygens (including phenoxy) is 3. The largest absolute Gasteiger partial charge is 0.495 e. The highest BCUT2D eigenvalue weighted by Crippen LogP contribution is 2.36. The van der Waals surface area contributed by atoms with Crippen LogP contribution in [-0.2, 0) is 10.0 Å². The monoisotopic (exact) mass is 403 g/mol. The van der Waals surface area contributed by atoms with E-state index < -0.39 is 39.6 Å². The molecule has 2 aromatic rings. The van der Waals surface area contributed by atoms with E-state index in [0.29, 0.717) is 0 Å². The Kier molecular flexibility index (Phi) is 6.05. The number of benzene rings is 2. The molecule has 0 unspecified atom stereocenters. The first-order valence-corrected chi connectivity index (χ1v) is 8.74. The lowest BCUT2D eigenvalue weighted by Crippen LogP contribution is -2.17. The van der Waals surface area contributed by atoms with E-state index in [-0.39, 0.29) is 16.4 Å². The van der Waals surface area contributed by atoms with Crippen molar-refractivity contribution in [3.05, 3.63) is 42.0 Å². The number of para-hydroxylation sites is 1. The summed E-state index contributed by atoms with van der Waals surface area (Å²) in [4.78, 5) is 11.2. The summed E-state index contributed by atoms with van der Waals surface area (Å²) in [5.74, 6) is -2.32. The molecule has 0 saturated heterocycles. The molecule has 0 amide bonds. The molecule has 0 bridgehead atoms. The van der Waals surface area contributed by atoms with Crippen molar-refractivity contribution in [2.24, 2.45) is 0 Å². The molecule has 0 atom stereocenters. The first-order valence-electron chi connectivity index (χ1n) is 7.25. The van der Waals surface area contributed by atoms with Crippen LogP contribution in [0, 0.1) is 0 Å². The van der Waals surface area contributed by atoms with Crippen LogP contribution >= 0.6 is 0 Å². The summed E-state index contributed by atoms with van der Waals surface area (Å²) in [6.07, 6.45) is 0. The Morgan fingerprint density at radius 1 is 1.07 bits per heavy atom. The Hall–Kier alpha value is -3.08. The van der Waals surface area contributed by atoms with E-state index in [1.807, 2.05) is 0 Å². The van der Waals surface area contributed by atoms with Gasteiger partial charge in [0.1, 0.15) is 10.6 Å². The molecule has 0 heterocycles. The third-order valence-electron chi connectivity index (χ3n) is 3.35. The van der Waals surface area contributed by atoms with Gasteiger partial charge in [-0.3, -0.25) is 4.72 Å². The Morgan fingerprint density at radius 2 is 1.70 bits per heavy atom. The van der Waals surface area contributed by atoms with Gasteiger partial charge in [-0.05, 0) is 12.1 Å². The molecule has 2 rings (SSSR count). The Morgan fingerprint density at radius 3 is 2.26 bits per heavy atom.